The molecule has 0 aliphatic heterocycles. The summed E-state index contributed by atoms with van der Waals surface area (Å²) in [4.78, 5) is 12.9. The molecule has 0 spiro atoms. The minimum Gasteiger partial charge on any atom is -0.378 e. The van der Waals surface area contributed by atoms with Gasteiger partial charge >= 0.3 is 0 Å². The molecule has 3 heteroatoms. The molecule has 0 aliphatic rings. The van der Waals surface area contributed by atoms with Gasteiger partial charge in [0.1, 0.15) is 5.82 Å². The van der Waals surface area contributed by atoms with E-state index in [4.69, 9.17) is 0 Å². The topological polar surface area (TPSA) is 29.1 Å². The van der Waals surface area contributed by atoms with Crippen LogP contribution in [0.4, 0.5) is 10.1 Å². The molecule has 0 aromatic heterocycles. The van der Waals surface area contributed by atoms with Crippen molar-refractivity contribution in [2.45, 2.75) is 38.6 Å². The first-order valence-electron chi connectivity index (χ1n) is 9.54. The molecule has 0 aliphatic carbocycles. The van der Waals surface area contributed by atoms with E-state index in [1.165, 1.54) is 17.7 Å². The molecule has 1 atom stereocenters. The Morgan fingerprint density at radius 1 is 0.893 bits per heavy atom. The fourth-order valence-electron chi connectivity index (χ4n) is 3.14. The van der Waals surface area contributed by atoms with Crippen LogP contribution in [0.3, 0.4) is 0 Å². The Kier molecular flexibility index (Phi) is 5.93. The van der Waals surface area contributed by atoms with E-state index in [2.05, 4.69) is 26.1 Å². The van der Waals surface area contributed by atoms with E-state index in [1.807, 2.05) is 54.6 Å². The second-order valence-corrected chi connectivity index (χ2v) is 8.07. The fraction of sp³-hybridized carbons (Fsp3) is 0.240. The van der Waals surface area contributed by atoms with Crippen molar-refractivity contribution in [3.63, 3.8) is 0 Å². The summed E-state index contributed by atoms with van der Waals surface area (Å²) in [6.07, 6.45) is 0.316. The molecule has 3 rings (SSSR count). The summed E-state index contributed by atoms with van der Waals surface area (Å²) in [7, 11) is 0. The van der Waals surface area contributed by atoms with Gasteiger partial charge in [0.25, 0.3) is 0 Å². The lowest BCUT2D eigenvalue weighted by Crippen LogP contribution is -2.16. The Balaban J connectivity index is 1.80. The lowest BCUT2D eigenvalue weighted by molar-refractivity contribution is 0.0976. The van der Waals surface area contributed by atoms with E-state index in [9.17, 15) is 9.18 Å². The molecule has 28 heavy (non-hydrogen) atoms. The summed E-state index contributed by atoms with van der Waals surface area (Å²) >= 11 is 0. The van der Waals surface area contributed by atoms with Crippen LogP contribution >= 0.6 is 0 Å². The maximum Gasteiger partial charge on any atom is 0.165 e. The second kappa shape index (κ2) is 8.39. The van der Waals surface area contributed by atoms with Crippen LogP contribution in [0.2, 0.25) is 0 Å². The van der Waals surface area contributed by atoms with Crippen molar-refractivity contribution >= 4 is 11.5 Å². The predicted molar refractivity (Wildman–Crippen MR) is 113 cm³/mol. The highest BCUT2D eigenvalue weighted by atomic mass is 19.1. The molecule has 1 N–H and O–H groups in total. The van der Waals surface area contributed by atoms with Gasteiger partial charge in [0.05, 0.1) is 6.04 Å². The third-order valence-electron chi connectivity index (χ3n) is 4.85. The standard InChI is InChI=1S/C25H26FNO/c1-25(2,3)20-11-9-19(10-12-20)24(28)17-23(18-7-5-4-6-8-18)27-22-15-13-21(26)14-16-22/h4-16,23,27H,17H2,1-3H3. The van der Waals surface area contributed by atoms with Crippen molar-refractivity contribution < 1.29 is 9.18 Å². The smallest absolute Gasteiger partial charge is 0.165 e. The van der Waals surface area contributed by atoms with Gasteiger partial charge < -0.3 is 5.32 Å². The van der Waals surface area contributed by atoms with Crippen LogP contribution in [0.5, 0.6) is 0 Å². The van der Waals surface area contributed by atoms with Gasteiger partial charge in [-0.25, -0.2) is 4.39 Å². The number of hydrogen-bond donors (Lipinski definition) is 1. The summed E-state index contributed by atoms with van der Waals surface area (Å²) < 4.78 is 13.2. The van der Waals surface area contributed by atoms with E-state index >= 15 is 0 Å². The predicted octanol–water partition coefficient (Wildman–Crippen LogP) is 6.55. The van der Waals surface area contributed by atoms with Crippen molar-refractivity contribution in [2.24, 2.45) is 0 Å². The lowest BCUT2D eigenvalue weighted by Gasteiger charge is -2.21. The minimum absolute atomic E-state index is 0.0539. The quantitative estimate of drug-likeness (QED) is 0.495. The number of benzene rings is 3. The first kappa shape index (κ1) is 19.8. The molecule has 3 aromatic carbocycles. The Bertz CT molecular complexity index is 910. The molecule has 144 valence electrons. The van der Waals surface area contributed by atoms with Crippen molar-refractivity contribution in [2.75, 3.05) is 5.32 Å². The first-order valence-corrected chi connectivity index (χ1v) is 9.54. The van der Waals surface area contributed by atoms with E-state index in [-0.39, 0.29) is 23.1 Å². The van der Waals surface area contributed by atoms with Gasteiger partial charge in [0.2, 0.25) is 0 Å². The largest absolute Gasteiger partial charge is 0.378 e. The molecule has 0 bridgehead atoms. The van der Waals surface area contributed by atoms with Gasteiger partial charge in [0, 0.05) is 17.7 Å². The van der Waals surface area contributed by atoms with Crippen LogP contribution in [-0.2, 0) is 5.41 Å². The average Bonchev–Trinajstić information content (AvgIpc) is 2.69. The Morgan fingerprint density at radius 2 is 1.50 bits per heavy atom. The number of nitrogens with one attached hydrogen (secondary N) is 1. The zero-order valence-electron chi connectivity index (χ0n) is 16.6. The van der Waals surface area contributed by atoms with Crippen LogP contribution in [-0.4, -0.2) is 5.78 Å². The molecule has 0 radical (unpaired) electrons. The number of rotatable bonds is 6. The molecule has 0 saturated heterocycles. The van der Waals surface area contributed by atoms with Crippen LogP contribution in [0.25, 0.3) is 0 Å². The van der Waals surface area contributed by atoms with Gasteiger partial charge in [0.15, 0.2) is 5.78 Å². The number of carbonyl (C=O) groups excluding carboxylic acids is 1. The summed E-state index contributed by atoms with van der Waals surface area (Å²) in [6, 6.07) is 23.7. The Labute approximate surface area is 166 Å². The van der Waals surface area contributed by atoms with Crippen molar-refractivity contribution in [3.05, 3.63) is 101 Å². The third kappa shape index (κ3) is 5.07. The molecule has 1 unspecified atom stereocenters. The molecular formula is C25H26FNO. The van der Waals surface area contributed by atoms with Crippen LogP contribution in [0.1, 0.15) is 54.7 Å². The molecule has 0 heterocycles. The van der Waals surface area contributed by atoms with Crippen molar-refractivity contribution in [3.8, 4) is 0 Å². The van der Waals surface area contributed by atoms with Crippen LogP contribution < -0.4 is 5.32 Å². The second-order valence-electron chi connectivity index (χ2n) is 8.07. The van der Waals surface area contributed by atoms with E-state index in [0.717, 1.165) is 11.3 Å². The minimum atomic E-state index is -0.281. The monoisotopic (exact) mass is 375 g/mol. The maximum atomic E-state index is 13.2. The normalized spacial score (nSPS) is 12.4. The summed E-state index contributed by atoms with van der Waals surface area (Å²) in [6.45, 7) is 6.46. The number of anilines is 1. The van der Waals surface area contributed by atoms with Gasteiger partial charge in [-0.2, -0.15) is 0 Å². The van der Waals surface area contributed by atoms with Crippen molar-refractivity contribution in [1.82, 2.24) is 0 Å². The highest BCUT2D eigenvalue weighted by Crippen LogP contribution is 2.26. The number of Topliss-reactive ketones (excluding diaryl/α,β-unsaturated/α-hetero) is 1. The highest BCUT2D eigenvalue weighted by molar-refractivity contribution is 5.96. The van der Waals surface area contributed by atoms with E-state index in [0.29, 0.717) is 12.0 Å². The number of ketones is 1. The van der Waals surface area contributed by atoms with Gasteiger partial charge in [-0.05, 0) is 40.8 Å². The van der Waals surface area contributed by atoms with Crippen LogP contribution in [0.15, 0.2) is 78.9 Å². The Morgan fingerprint density at radius 3 is 2.07 bits per heavy atom. The van der Waals surface area contributed by atoms with Gasteiger partial charge in [-0.1, -0.05) is 75.4 Å². The first-order chi connectivity index (χ1) is 13.3. The van der Waals surface area contributed by atoms with E-state index in [1.54, 1.807) is 12.1 Å². The molecule has 3 aromatic rings. The van der Waals surface area contributed by atoms with E-state index < -0.39 is 0 Å². The molecule has 0 amide bonds. The van der Waals surface area contributed by atoms with Crippen molar-refractivity contribution in [1.29, 1.82) is 0 Å². The molecule has 2 nitrogen and oxygen atoms in total. The zero-order valence-corrected chi connectivity index (χ0v) is 16.6. The molecular weight excluding hydrogens is 349 g/mol. The number of halogens is 1. The van der Waals surface area contributed by atoms with Gasteiger partial charge in [-0.15, -0.1) is 0 Å². The fourth-order valence-corrected chi connectivity index (χ4v) is 3.14. The van der Waals surface area contributed by atoms with Crippen LogP contribution in [0, 0.1) is 5.82 Å². The highest BCUT2D eigenvalue weighted by Gasteiger charge is 2.19. The SMILES string of the molecule is CC(C)(C)c1ccc(C(=O)CC(Nc2ccc(F)cc2)c2ccccc2)cc1. The average molecular weight is 375 g/mol. The maximum absolute atomic E-state index is 13.2. The molecule has 0 fully saturated rings. The summed E-state index contributed by atoms with van der Waals surface area (Å²) in [5.74, 6) is -0.208. The van der Waals surface area contributed by atoms with Gasteiger partial charge in [-0.3, -0.25) is 4.79 Å². The third-order valence-corrected chi connectivity index (χ3v) is 4.85. The zero-order chi connectivity index (χ0) is 20.1. The molecule has 0 saturated carbocycles. The number of carbonyl (C=O) groups is 1. The summed E-state index contributed by atoms with van der Waals surface area (Å²) in [5, 5.41) is 3.37. The Hall–Kier alpha value is -2.94. The number of hydrogen-bond acceptors (Lipinski definition) is 2. The summed E-state index contributed by atoms with van der Waals surface area (Å²) in [5.41, 5.74) is 3.76. The lowest BCUT2D eigenvalue weighted by atomic mass is 9.86.